The van der Waals surface area contributed by atoms with Gasteiger partial charge in [0.05, 0.1) is 34.4 Å². The number of allylic oxidation sites excluding steroid dienone is 2. The Hall–Kier alpha value is -1.93. The van der Waals surface area contributed by atoms with Crippen LogP contribution < -0.4 is 0 Å². The molecule has 0 aliphatic rings. The molecular formula is C56H108NO7+. The van der Waals surface area contributed by atoms with Crippen molar-refractivity contribution in [3.05, 3.63) is 12.2 Å². The number of carboxylic acids is 1. The largest absolute Gasteiger partial charge is 0.477 e. The topological polar surface area (TPSA) is 99.1 Å². The van der Waals surface area contributed by atoms with Crippen LogP contribution in [0.3, 0.4) is 0 Å². The van der Waals surface area contributed by atoms with Crippen molar-refractivity contribution in [3.8, 4) is 0 Å². The number of carbonyl (C=O) groups is 3. The lowest BCUT2D eigenvalue weighted by Crippen LogP contribution is -2.50. The first kappa shape index (κ1) is 62.1. The van der Waals surface area contributed by atoms with Crippen molar-refractivity contribution in [2.75, 3.05) is 41.0 Å². The monoisotopic (exact) mass is 907 g/mol. The summed E-state index contributed by atoms with van der Waals surface area (Å²) in [5, 5.41) is 9.67. The third kappa shape index (κ3) is 45.2. The highest BCUT2D eigenvalue weighted by atomic mass is 16.6. The van der Waals surface area contributed by atoms with E-state index in [0.717, 1.165) is 38.5 Å². The third-order valence-electron chi connectivity index (χ3n) is 12.9. The molecule has 0 aromatic rings. The molecule has 0 bridgehead atoms. The van der Waals surface area contributed by atoms with Crippen molar-refractivity contribution >= 4 is 17.9 Å². The molecule has 378 valence electrons. The average Bonchev–Trinajstić information content (AvgIpc) is 3.26. The molecule has 0 saturated carbocycles. The van der Waals surface area contributed by atoms with E-state index in [4.69, 9.17) is 14.2 Å². The van der Waals surface area contributed by atoms with E-state index in [9.17, 15) is 19.5 Å². The minimum Gasteiger partial charge on any atom is -0.477 e. The molecular weight excluding hydrogens is 799 g/mol. The van der Waals surface area contributed by atoms with Crippen LogP contribution in [0.1, 0.15) is 277 Å². The maximum Gasteiger partial charge on any atom is 0.362 e. The Balaban J connectivity index is 4.17. The first-order valence-electron chi connectivity index (χ1n) is 27.7. The average molecular weight is 907 g/mol. The van der Waals surface area contributed by atoms with Gasteiger partial charge >= 0.3 is 17.9 Å². The minimum absolute atomic E-state index is 0.0457. The number of rotatable bonds is 51. The summed E-state index contributed by atoms with van der Waals surface area (Å²) in [5.74, 6) is -1.45. The number of aliphatic carboxylic acids is 1. The van der Waals surface area contributed by atoms with E-state index in [2.05, 4.69) is 26.0 Å². The molecule has 8 nitrogen and oxygen atoms in total. The molecule has 0 aliphatic carbocycles. The van der Waals surface area contributed by atoms with Gasteiger partial charge in [-0.3, -0.25) is 9.59 Å². The zero-order valence-corrected chi connectivity index (χ0v) is 43.3. The van der Waals surface area contributed by atoms with Gasteiger partial charge < -0.3 is 23.8 Å². The number of carboxylic acid groups (broad SMARTS) is 1. The van der Waals surface area contributed by atoms with Gasteiger partial charge in [-0.2, -0.15) is 0 Å². The molecule has 2 unspecified atom stereocenters. The second kappa shape index (κ2) is 47.6. The van der Waals surface area contributed by atoms with Crippen molar-refractivity contribution < 1.29 is 38.2 Å². The van der Waals surface area contributed by atoms with E-state index in [1.165, 1.54) is 205 Å². The Morgan fingerprint density at radius 1 is 0.453 bits per heavy atom. The highest BCUT2D eigenvalue weighted by Crippen LogP contribution is 2.17. The van der Waals surface area contributed by atoms with Gasteiger partial charge in [0.1, 0.15) is 6.61 Å². The molecule has 0 saturated heterocycles. The zero-order chi connectivity index (χ0) is 47.0. The van der Waals surface area contributed by atoms with Crippen molar-refractivity contribution in [2.24, 2.45) is 0 Å². The Morgan fingerprint density at radius 2 is 0.781 bits per heavy atom. The first-order chi connectivity index (χ1) is 31.1. The molecule has 0 spiro atoms. The standard InChI is InChI=1S/C56H107NO7/c1-6-8-10-12-14-16-18-20-22-24-26-27-29-31-33-35-37-39-41-43-45-47-55(59)64-52(50-62-49-48-53(56(60)61)57(3,4)5)51-63-54(58)46-44-42-40-38-36-34-32-30-28-25-23-21-19-17-15-13-11-9-7-2/h27,29,52-53H,6-26,28,30-51H2,1-5H3/p+1/b29-27+. The molecule has 0 fully saturated rings. The van der Waals surface area contributed by atoms with Crippen LogP contribution in [0.25, 0.3) is 0 Å². The van der Waals surface area contributed by atoms with Gasteiger partial charge in [-0.05, 0) is 38.5 Å². The second-order valence-corrected chi connectivity index (χ2v) is 20.2. The summed E-state index contributed by atoms with van der Waals surface area (Å²) in [6, 6.07) is -0.612. The van der Waals surface area contributed by atoms with Crippen LogP contribution in [0, 0.1) is 0 Å². The number of unbranched alkanes of at least 4 members (excludes halogenated alkanes) is 35. The van der Waals surface area contributed by atoms with Crippen molar-refractivity contribution in [1.29, 1.82) is 0 Å². The number of quaternary nitrogens is 1. The van der Waals surface area contributed by atoms with Crippen LogP contribution in [0.15, 0.2) is 12.2 Å². The summed E-state index contributed by atoms with van der Waals surface area (Å²) in [4.78, 5) is 37.2. The summed E-state index contributed by atoms with van der Waals surface area (Å²) in [5.41, 5.74) is 0. The van der Waals surface area contributed by atoms with E-state index >= 15 is 0 Å². The van der Waals surface area contributed by atoms with Crippen LogP contribution in [0.5, 0.6) is 0 Å². The summed E-state index contributed by atoms with van der Waals surface area (Å²) >= 11 is 0. The molecule has 0 aromatic carbocycles. The number of hydrogen-bond acceptors (Lipinski definition) is 6. The van der Waals surface area contributed by atoms with Crippen molar-refractivity contribution in [3.63, 3.8) is 0 Å². The van der Waals surface area contributed by atoms with E-state index in [-0.39, 0.29) is 36.2 Å². The van der Waals surface area contributed by atoms with Crippen LogP contribution in [0.4, 0.5) is 0 Å². The van der Waals surface area contributed by atoms with Crippen LogP contribution in [-0.2, 0) is 28.6 Å². The van der Waals surface area contributed by atoms with E-state index < -0.39 is 18.1 Å². The fourth-order valence-electron chi connectivity index (χ4n) is 8.62. The molecule has 1 N–H and O–H groups in total. The Labute approximate surface area is 397 Å². The molecule has 0 heterocycles. The molecule has 0 radical (unpaired) electrons. The van der Waals surface area contributed by atoms with Gasteiger partial charge in [0.2, 0.25) is 0 Å². The molecule has 8 heteroatoms. The molecule has 0 aromatic heterocycles. The Kier molecular flexibility index (Phi) is 46.1. The lowest BCUT2D eigenvalue weighted by atomic mass is 10.0. The maximum atomic E-state index is 12.8. The summed E-state index contributed by atoms with van der Waals surface area (Å²) in [6.07, 6.45) is 54.1. The predicted molar refractivity (Wildman–Crippen MR) is 271 cm³/mol. The second-order valence-electron chi connectivity index (χ2n) is 20.2. The van der Waals surface area contributed by atoms with Crippen molar-refractivity contribution in [1.82, 2.24) is 0 Å². The lowest BCUT2D eigenvalue weighted by molar-refractivity contribution is -0.887. The fraction of sp³-hybridized carbons (Fsp3) is 0.911. The van der Waals surface area contributed by atoms with Gasteiger partial charge in [-0.1, -0.05) is 231 Å². The number of likely N-dealkylation sites (N-methyl/N-ethyl adjacent to an activating group) is 1. The number of hydrogen-bond donors (Lipinski definition) is 1. The smallest absolute Gasteiger partial charge is 0.362 e. The third-order valence-corrected chi connectivity index (χ3v) is 12.9. The zero-order valence-electron chi connectivity index (χ0n) is 43.3. The molecule has 64 heavy (non-hydrogen) atoms. The molecule has 0 rings (SSSR count). The van der Waals surface area contributed by atoms with Gasteiger partial charge in [-0.15, -0.1) is 0 Å². The van der Waals surface area contributed by atoms with Crippen molar-refractivity contribution in [2.45, 2.75) is 289 Å². The SMILES string of the molecule is CCCCCCCCCCCC/C=C/CCCCCCCCCC(=O)OC(COCCC(C(=O)O)[N+](C)(C)C)COC(=O)CCCCCCCCCCCCCCCCCCCCC. The molecule has 2 atom stereocenters. The maximum absolute atomic E-state index is 12.8. The van der Waals surface area contributed by atoms with Crippen LogP contribution >= 0.6 is 0 Å². The summed E-state index contributed by atoms with van der Waals surface area (Å²) in [7, 11) is 5.55. The van der Waals surface area contributed by atoms with Gasteiger partial charge in [0.25, 0.3) is 0 Å². The van der Waals surface area contributed by atoms with Gasteiger partial charge in [0.15, 0.2) is 12.1 Å². The number of esters is 2. The van der Waals surface area contributed by atoms with E-state index in [1.807, 2.05) is 21.1 Å². The first-order valence-corrected chi connectivity index (χ1v) is 27.7. The number of nitrogens with zero attached hydrogens (tertiary/aromatic N) is 1. The number of ether oxygens (including phenoxy) is 3. The molecule has 0 amide bonds. The van der Waals surface area contributed by atoms with Crippen LogP contribution in [-0.4, -0.2) is 80.6 Å². The summed E-state index contributed by atoms with van der Waals surface area (Å²) < 4.78 is 17.4. The van der Waals surface area contributed by atoms with Crippen LogP contribution in [0.2, 0.25) is 0 Å². The van der Waals surface area contributed by atoms with E-state index in [0.29, 0.717) is 19.3 Å². The normalized spacial score (nSPS) is 12.8. The predicted octanol–water partition coefficient (Wildman–Crippen LogP) is 16.2. The summed E-state index contributed by atoms with van der Waals surface area (Å²) in [6.45, 7) is 4.79. The number of carbonyl (C=O) groups excluding carboxylic acids is 2. The Bertz CT molecular complexity index is 1060. The lowest BCUT2D eigenvalue weighted by Gasteiger charge is -2.31. The van der Waals surface area contributed by atoms with E-state index in [1.54, 1.807) is 0 Å². The Morgan fingerprint density at radius 3 is 1.12 bits per heavy atom. The minimum atomic E-state index is -0.870. The van der Waals surface area contributed by atoms with Gasteiger partial charge in [0, 0.05) is 19.3 Å². The molecule has 0 aliphatic heterocycles. The highest BCUT2D eigenvalue weighted by molar-refractivity contribution is 5.72. The fourth-order valence-corrected chi connectivity index (χ4v) is 8.62. The van der Waals surface area contributed by atoms with Gasteiger partial charge in [-0.25, -0.2) is 4.79 Å². The highest BCUT2D eigenvalue weighted by Gasteiger charge is 2.31. The quantitative estimate of drug-likeness (QED) is 0.0281.